The van der Waals surface area contributed by atoms with Gasteiger partial charge in [-0.3, -0.25) is 0 Å². The molecule has 2 rings (SSSR count). The van der Waals surface area contributed by atoms with Crippen LogP contribution in [0.3, 0.4) is 0 Å². The van der Waals surface area contributed by atoms with Crippen molar-refractivity contribution < 1.29 is 27.2 Å². The van der Waals surface area contributed by atoms with Gasteiger partial charge in [0.25, 0.3) is 0 Å². The minimum absolute atomic E-state index is 0.0574. The molecule has 0 saturated carbocycles. The van der Waals surface area contributed by atoms with E-state index in [9.17, 15) is 13.2 Å². The Morgan fingerprint density at radius 1 is 1.13 bits per heavy atom. The van der Waals surface area contributed by atoms with Gasteiger partial charge in [-0.2, -0.15) is 13.2 Å². The van der Waals surface area contributed by atoms with E-state index < -0.39 is 36.0 Å². The number of nitrogens with two attached hydrogens (primary N) is 1. The van der Waals surface area contributed by atoms with Crippen molar-refractivity contribution in [3.05, 3.63) is 29.3 Å². The van der Waals surface area contributed by atoms with Crippen LogP contribution in [0.2, 0.25) is 0 Å². The van der Waals surface area contributed by atoms with Gasteiger partial charge < -0.3 is 19.8 Å². The van der Waals surface area contributed by atoms with Crippen LogP contribution in [0.4, 0.5) is 13.2 Å². The predicted molar refractivity (Wildman–Crippen MR) is 81.0 cm³/mol. The van der Waals surface area contributed by atoms with Crippen molar-refractivity contribution in [2.45, 2.75) is 51.0 Å². The monoisotopic (exact) mass is 331 g/mol. The second-order valence-corrected chi connectivity index (χ2v) is 6.60. The second kappa shape index (κ2) is 5.68. The Morgan fingerprint density at radius 2 is 1.65 bits per heavy atom. The summed E-state index contributed by atoms with van der Waals surface area (Å²) in [6, 6.07) is 3.21. The van der Waals surface area contributed by atoms with Crippen molar-refractivity contribution >= 4 is 7.12 Å². The van der Waals surface area contributed by atoms with E-state index in [-0.39, 0.29) is 5.75 Å². The number of ether oxygens (including phenoxy) is 1. The van der Waals surface area contributed by atoms with Crippen molar-refractivity contribution in [2.24, 2.45) is 5.73 Å². The van der Waals surface area contributed by atoms with E-state index in [0.29, 0.717) is 5.56 Å². The van der Waals surface area contributed by atoms with Gasteiger partial charge in [0.2, 0.25) is 0 Å². The lowest BCUT2D eigenvalue weighted by molar-refractivity contribution is -0.137. The molecule has 8 heteroatoms. The van der Waals surface area contributed by atoms with Crippen LogP contribution in [-0.2, 0) is 15.5 Å². The van der Waals surface area contributed by atoms with Gasteiger partial charge >= 0.3 is 13.3 Å². The molecule has 0 aromatic heterocycles. The van der Waals surface area contributed by atoms with Crippen molar-refractivity contribution in [3.8, 4) is 5.75 Å². The Balaban J connectivity index is 2.32. The average Bonchev–Trinajstić information content (AvgIpc) is 2.65. The number of rotatable bonds is 3. The molecule has 0 bridgehead atoms. The molecule has 23 heavy (non-hydrogen) atoms. The maximum absolute atomic E-state index is 12.8. The number of halogens is 3. The van der Waals surface area contributed by atoms with Crippen LogP contribution in [-0.4, -0.2) is 25.4 Å². The highest BCUT2D eigenvalue weighted by Crippen LogP contribution is 2.41. The van der Waals surface area contributed by atoms with E-state index in [2.05, 4.69) is 0 Å². The molecular weight excluding hydrogens is 310 g/mol. The van der Waals surface area contributed by atoms with E-state index in [4.69, 9.17) is 19.8 Å². The normalized spacial score (nSPS) is 21.3. The lowest BCUT2D eigenvalue weighted by atomic mass is 9.74. The fourth-order valence-electron chi connectivity index (χ4n) is 2.34. The first-order valence-corrected chi connectivity index (χ1v) is 7.25. The summed E-state index contributed by atoms with van der Waals surface area (Å²) in [6.45, 7) is 7.51. The molecule has 128 valence electrons. The first-order valence-electron chi connectivity index (χ1n) is 7.25. The lowest BCUT2D eigenvalue weighted by Crippen LogP contribution is -2.41. The van der Waals surface area contributed by atoms with Crippen LogP contribution in [0.25, 0.3) is 0 Å². The Morgan fingerprint density at radius 3 is 2.09 bits per heavy atom. The van der Waals surface area contributed by atoms with Crippen LogP contribution >= 0.6 is 0 Å². The zero-order valence-corrected chi connectivity index (χ0v) is 13.8. The molecule has 1 aromatic carbocycles. The Bertz CT molecular complexity index is 574. The summed E-state index contributed by atoms with van der Waals surface area (Å²) in [7, 11) is 0.529. The summed E-state index contributed by atoms with van der Waals surface area (Å²) in [5.41, 5.74) is 4.63. The molecule has 1 aromatic rings. The summed E-state index contributed by atoms with van der Waals surface area (Å²) >= 11 is 0. The molecule has 1 aliphatic rings. The molecule has 4 nitrogen and oxygen atoms in total. The third kappa shape index (κ3) is 3.34. The van der Waals surface area contributed by atoms with Crippen molar-refractivity contribution in [3.63, 3.8) is 0 Å². The van der Waals surface area contributed by atoms with Gasteiger partial charge in [0, 0.05) is 5.56 Å². The molecule has 1 aliphatic heterocycles. The molecule has 0 amide bonds. The van der Waals surface area contributed by atoms with Gasteiger partial charge in [0.1, 0.15) is 5.75 Å². The molecule has 1 saturated heterocycles. The highest BCUT2D eigenvalue weighted by Gasteiger charge is 2.53. The summed E-state index contributed by atoms with van der Waals surface area (Å²) < 4.78 is 55.2. The molecule has 2 N–H and O–H groups in total. The van der Waals surface area contributed by atoms with Crippen LogP contribution < -0.4 is 10.5 Å². The Kier molecular flexibility index (Phi) is 4.47. The first-order chi connectivity index (χ1) is 10.4. The van der Waals surface area contributed by atoms with Crippen LogP contribution in [0.1, 0.15) is 44.8 Å². The first kappa shape index (κ1) is 18.1. The quantitative estimate of drug-likeness (QED) is 0.863. The molecule has 0 unspecified atom stereocenters. The summed E-state index contributed by atoms with van der Waals surface area (Å²) in [5.74, 6) is -0.713. The Hall–Kier alpha value is -1.25. The maximum atomic E-state index is 12.8. The third-order valence-corrected chi connectivity index (χ3v) is 4.48. The summed E-state index contributed by atoms with van der Waals surface area (Å²) in [4.78, 5) is 0. The van der Waals surface area contributed by atoms with Crippen LogP contribution in [0.15, 0.2) is 18.2 Å². The van der Waals surface area contributed by atoms with E-state index in [0.717, 1.165) is 12.1 Å². The molecule has 0 radical (unpaired) electrons. The van der Waals surface area contributed by atoms with Gasteiger partial charge in [0.05, 0.1) is 29.8 Å². The average molecular weight is 331 g/mol. The van der Waals surface area contributed by atoms with Crippen molar-refractivity contribution in [1.82, 2.24) is 0 Å². The molecule has 0 aliphatic carbocycles. The number of methoxy groups -OCH3 is 1. The highest BCUT2D eigenvalue weighted by molar-refractivity contribution is 6.47. The highest BCUT2D eigenvalue weighted by atomic mass is 19.4. The Labute approximate surface area is 134 Å². The standard InChI is InChI=1S/C15H21BF3NO3/c1-13(2)14(3,4)23-16(22-13)12(20)10-7-6-9(15(17,18)19)8-11(10)21-5/h6-8,12H,20H2,1-5H3/t12-/m1/s1. The van der Waals surface area contributed by atoms with E-state index in [1.807, 2.05) is 27.7 Å². The zero-order chi connectivity index (χ0) is 17.6. The molecule has 1 fully saturated rings. The van der Waals surface area contributed by atoms with E-state index in [1.54, 1.807) is 0 Å². The number of hydrogen-bond donors (Lipinski definition) is 1. The van der Waals surface area contributed by atoms with Gasteiger partial charge in [-0.05, 0) is 39.8 Å². The summed E-state index contributed by atoms with van der Waals surface area (Å²) in [6.07, 6.45) is -4.44. The van der Waals surface area contributed by atoms with Gasteiger partial charge in [-0.1, -0.05) is 6.07 Å². The second-order valence-electron chi connectivity index (χ2n) is 6.60. The summed E-state index contributed by atoms with van der Waals surface area (Å²) in [5, 5.41) is 0. The zero-order valence-electron chi connectivity index (χ0n) is 13.8. The fraction of sp³-hybridized carbons (Fsp3) is 0.600. The maximum Gasteiger partial charge on any atom is 0.480 e. The van der Waals surface area contributed by atoms with Crippen molar-refractivity contribution in [2.75, 3.05) is 7.11 Å². The van der Waals surface area contributed by atoms with E-state index >= 15 is 0 Å². The molecule has 1 atom stereocenters. The number of benzene rings is 1. The van der Waals surface area contributed by atoms with E-state index in [1.165, 1.54) is 13.2 Å². The molecular formula is C15H21BF3NO3. The topological polar surface area (TPSA) is 53.7 Å². The smallest absolute Gasteiger partial charge is 0.480 e. The van der Waals surface area contributed by atoms with Gasteiger partial charge in [-0.25, -0.2) is 0 Å². The predicted octanol–water partition coefficient (Wildman–Crippen LogP) is 3.35. The number of hydrogen-bond acceptors (Lipinski definition) is 4. The van der Waals surface area contributed by atoms with Crippen LogP contribution in [0, 0.1) is 0 Å². The molecule has 0 spiro atoms. The van der Waals surface area contributed by atoms with Gasteiger partial charge in [-0.15, -0.1) is 0 Å². The number of alkyl halides is 3. The van der Waals surface area contributed by atoms with Crippen molar-refractivity contribution in [1.29, 1.82) is 0 Å². The minimum Gasteiger partial charge on any atom is -0.496 e. The minimum atomic E-state index is -4.44. The molecule has 1 heterocycles. The third-order valence-electron chi connectivity index (χ3n) is 4.48. The lowest BCUT2D eigenvalue weighted by Gasteiger charge is -2.32. The largest absolute Gasteiger partial charge is 0.496 e. The fourth-order valence-corrected chi connectivity index (χ4v) is 2.34. The van der Waals surface area contributed by atoms with Crippen LogP contribution in [0.5, 0.6) is 5.75 Å². The van der Waals surface area contributed by atoms with Gasteiger partial charge in [0.15, 0.2) is 0 Å². The SMILES string of the molecule is COc1cc(C(F)(F)F)ccc1[C@@H](N)B1OC(C)(C)C(C)(C)O1.